The summed E-state index contributed by atoms with van der Waals surface area (Å²) in [7, 11) is -3.71. The molecule has 0 radical (unpaired) electrons. The molecule has 0 unspecified atom stereocenters. The van der Waals surface area contributed by atoms with Crippen molar-refractivity contribution in [1.29, 1.82) is 0 Å². The highest BCUT2D eigenvalue weighted by Gasteiger charge is 2.34. The summed E-state index contributed by atoms with van der Waals surface area (Å²) in [5.74, 6) is 1.52. The number of hydrogen-bond acceptors (Lipinski definition) is 7. The third-order valence-electron chi connectivity index (χ3n) is 5.09. The van der Waals surface area contributed by atoms with E-state index in [2.05, 4.69) is 10.5 Å². The molecule has 162 valence electrons. The lowest BCUT2D eigenvalue weighted by atomic mass is 10.2. The Hall–Kier alpha value is -2.79. The number of nitrogens with zero attached hydrogens (tertiary/aromatic N) is 3. The molecule has 2 amide bonds. The van der Waals surface area contributed by atoms with Crippen LogP contribution in [0.5, 0.6) is 11.5 Å². The quantitative estimate of drug-likeness (QED) is 0.783. The number of urea groups is 1. The second kappa shape index (κ2) is 8.15. The summed E-state index contributed by atoms with van der Waals surface area (Å²) in [6, 6.07) is 4.96. The molecule has 1 fully saturated rings. The standard InChI is InChI=1S/C19H24N4O6S/c1-13-18(14(2)29-21-13)30(25,26)23-8-6-22(7-9-23)19(24)20-15-4-5-16-17(12-15)28-11-3-10-27-16/h4-5,12H,3,6-11H2,1-2H3,(H,20,24). The van der Waals surface area contributed by atoms with E-state index in [0.717, 1.165) is 6.42 Å². The Kier molecular flexibility index (Phi) is 5.56. The Morgan fingerprint density at radius 3 is 2.43 bits per heavy atom. The second-order valence-corrected chi connectivity index (χ2v) is 9.06. The van der Waals surface area contributed by atoms with Gasteiger partial charge in [-0.25, -0.2) is 13.2 Å². The van der Waals surface area contributed by atoms with Crippen LogP contribution in [0.4, 0.5) is 10.5 Å². The first-order valence-electron chi connectivity index (χ1n) is 9.75. The van der Waals surface area contributed by atoms with Crippen molar-refractivity contribution in [3.63, 3.8) is 0 Å². The van der Waals surface area contributed by atoms with Gasteiger partial charge in [0.05, 0.1) is 13.2 Å². The Bertz CT molecular complexity index is 1020. The summed E-state index contributed by atoms with van der Waals surface area (Å²) in [6.07, 6.45) is 0.803. The minimum Gasteiger partial charge on any atom is -0.490 e. The largest absolute Gasteiger partial charge is 0.490 e. The topological polar surface area (TPSA) is 114 Å². The number of fused-ring (bicyclic) bond motifs is 1. The van der Waals surface area contributed by atoms with Gasteiger partial charge in [0.15, 0.2) is 17.3 Å². The molecule has 0 bridgehead atoms. The fourth-order valence-corrected chi connectivity index (χ4v) is 5.26. The van der Waals surface area contributed by atoms with E-state index < -0.39 is 10.0 Å². The summed E-state index contributed by atoms with van der Waals surface area (Å²) < 4.78 is 43.4. The van der Waals surface area contributed by atoms with E-state index in [1.54, 1.807) is 36.9 Å². The second-order valence-electron chi connectivity index (χ2n) is 7.19. The van der Waals surface area contributed by atoms with Crippen molar-refractivity contribution in [3.05, 3.63) is 29.7 Å². The SMILES string of the molecule is Cc1noc(C)c1S(=O)(=O)N1CCN(C(=O)Nc2ccc3c(c2)OCCCO3)CC1. The highest BCUT2D eigenvalue weighted by atomic mass is 32.2. The molecule has 0 saturated carbocycles. The maximum absolute atomic E-state index is 12.9. The van der Waals surface area contributed by atoms with Crippen LogP contribution in [0.1, 0.15) is 17.9 Å². The van der Waals surface area contributed by atoms with Crippen LogP contribution in [0.3, 0.4) is 0 Å². The lowest BCUT2D eigenvalue weighted by molar-refractivity contribution is 0.184. The van der Waals surface area contributed by atoms with Crippen molar-refractivity contribution in [2.75, 3.05) is 44.7 Å². The summed E-state index contributed by atoms with van der Waals surface area (Å²) in [6.45, 7) is 5.28. The number of aromatic nitrogens is 1. The molecule has 1 aromatic heterocycles. The third-order valence-corrected chi connectivity index (χ3v) is 7.23. The lowest BCUT2D eigenvalue weighted by Gasteiger charge is -2.33. The molecule has 30 heavy (non-hydrogen) atoms. The van der Waals surface area contributed by atoms with E-state index in [-0.39, 0.29) is 42.9 Å². The Morgan fingerprint density at radius 1 is 1.07 bits per heavy atom. The number of piperazine rings is 1. The Morgan fingerprint density at radius 2 is 1.77 bits per heavy atom. The average Bonchev–Trinajstić information content (AvgIpc) is 2.93. The molecule has 1 saturated heterocycles. The molecule has 11 heteroatoms. The number of nitrogens with one attached hydrogen (secondary N) is 1. The zero-order valence-corrected chi connectivity index (χ0v) is 17.7. The van der Waals surface area contributed by atoms with E-state index in [0.29, 0.717) is 36.1 Å². The van der Waals surface area contributed by atoms with Gasteiger partial charge in [-0.05, 0) is 26.0 Å². The Balaban J connectivity index is 1.38. The van der Waals surface area contributed by atoms with E-state index in [9.17, 15) is 13.2 Å². The first-order chi connectivity index (χ1) is 14.4. The molecule has 10 nitrogen and oxygen atoms in total. The van der Waals surface area contributed by atoms with Gasteiger partial charge in [-0.15, -0.1) is 0 Å². The summed E-state index contributed by atoms with van der Waals surface area (Å²) >= 11 is 0. The maximum Gasteiger partial charge on any atom is 0.321 e. The highest BCUT2D eigenvalue weighted by Crippen LogP contribution is 2.32. The fraction of sp³-hybridized carbons (Fsp3) is 0.474. The van der Waals surface area contributed by atoms with Crippen LogP contribution in [0.2, 0.25) is 0 Å². The normalized spacial score (nSPS) is 17.5. The van der Waals surface area contributed by atoms with Crippen LogP contribution in [0.15, 0.2) is 27.6 Å². The van der Waals surface area contributed by atoms with Gasteiger partial charge in [0.2, 0.25) is 10.0 Å². The van der Waals surface area contributed by atoms with Gasteiger partial charge in [-0.3, -0.25) is 0 Å². The van der Waals surface area contributed by atoms with Crippen molar-refractivity contribution in [1.82, 2.24) is 14.4 Å². The molecule has 1 N–H and O–H groups in total. The van der Waals surface area contributed by atoms with Crippen molar-refractivity contribution < 1.29 is 27.2 Å². The predicted molar refractivity (Wildman–Crippen MR) is 107 cm³/mol. The van der Waals surface area contributed by atoms with Crippen LogP contribution < -0.4 is 14.8 Å². The monoisotopic (exact) mass is 436 g/mol. The summed E-state index contributed by atoms with van der Waals surface area (Å²) in [5.41, 5.74) is 0.928. The molecule has 2 aliphatic rings. The molecule has 1 aromatic carbocycles. The summed E-state index contributed by atoms with van der Waals surface area (Å²) in [5, 5.41) is 6.57. The lowest BCUT2D eigenvalue weighted by Crippen LogP contribution is -2.51. The van der Waals surface area contributed by atoms with Crippen LogP contribution >= 0.6 is 0 Å². The smallest absolute Gasteiger partial charge is 0.321 e. The molecule has 2 aliphatic heterocycles. The zero-order valence-electron chi connectivity index (χ0n) is 16.9. The number of benzene rings is 1. The van der Waals surface area contributed by atoms with Crippen molar-refractivity contribution >= 4 is 21.7 Å². The molecule has 0 aliphatic carbocycles. The van der Waals surface area contributed by atoms with E-state index in [1.165, 1.54) is 4.31 Å². The third kappa shape index (κ3) is 3.94. The van der Waals surface area contributed by atoms with Crippen LogP contribution in [-0.2, 0) is 10.0 Å². The molecule has 0 spiro atoms. The maximum atomic E-state index is 12.9. The van der Waals surface area contributed by atoms with E-state index in [4.69, 9.17) is 14.0 Å². The number of amides is 2. The van der Waals surface area contributed by atoms with Gasteiger partial charge in [0.1, 0.15) is 10.6 Å². The number of hydrogen-bond donors (Lipinski definition) is 1. The van der Waals surface area contributed by atoms with E-state index in [1.807, 2.05) is 0 Å². The highest BCUT2D eigenvalue weighted by molar-refractivity contribution is 7.89. The van der Waals surface area contributed by atoms with Crippen LogP contribution in [-0.4, -0.2) is 68.2 Å². The number of aryl methyl sites for hydroxylation is 2. The zero-order chi connectivity index (χ0) is 21.3. The number of carbonyl (C=O) groups excluding carboxylic acids is 1. The molecule has 4 rings (SSSR count). The molecule has 0 atom stereocenters. The number of carbonyl (C=O) groups is 1. The first kappa shape index (κ1) is 20.5. The molecular formula is C19H24N4O6S. The van der Waals surface area contributed by atoms with Gasteiger partial charge < -0.3 is 24.2 Å². The molecule has 3 heterocycles. The Labute approximate surface area is 174 Å². The fourth-order valence-electron chi connectivity index (χ4n) is 3.55. The number of sulfonamides is 1. The van der Waals surface area contributed by atoms with Crippen molar-refractivity contribution in [2.45, 2.75) is 25.2 Å². The van der Waals surface area contributed by atoms with Gasteiger partial charge >= 0.3 is 6.03 Å². The minimum absolute atomic E-state index is 0.104. The predicted octanol–water partition coefficient (Wildman–Crippen LogP) is 1.99. The number of rotatable bonds is 3. The minimum atomic E-state index is -3.71. The van der Waals surface area contributed by atoms with Crippen LogP contribution in [0.25, 0.3) is 0 Å². The van der Waals surface area contributed by atoms with Crippen molar-refractivity contribution in [3.8, 4) is 11.5 Å². The number of anilines is 1. The molecular weight excluding hydrogens is 412 g/mol. The van der Waals surface area contributed by atoms with Gasteiger partial charge in [0.25, 0.3) is 0 Å². The van der Waals surface area contributed by atoms with Gasteiger partial charge in [-0.1, -0.05) is 5.16 Å². The van der Waals surface area contributed by atoms with Gasteiger partial charge in [-0.2, -0.15) is 4.31 Å². The van der Waals surface area contributed by atoms with Crippen molar-refractivity contribution in [2.24, 2.45) is 0 Å². The average molecular weight is 436 g/mol. The molecule has 2 aromatic rings. The first-order valence-corrected chi connectivity index (χ1v) is 11.2. The van der Waals surface area contributed by atoms with Gasteiger partial charge in [0, 0.05) is 44.4 Å². The number of ether oxygens (including phenoxy) is 2. The van der Waals surface area contributed by atoms with E-state index >= 15 is 0 Å². The summed E-state index contributed by atoms with van der Waals surface area (Å²) in [4.78, 5) is 14.3. The van der Waals surface area contributed by atoms with Crippen LogP contribution in [0, 0.1) is 13.8 Å².